The van der Waals surface area contributed by atoms with E-state index >= 15 is 0 Å². The van der Waals surface area contributed by atoms with Gasteiger partial charge < -0.3 is 15.7 Å². The van der Waals surface area contributed by atoms with Gasteiger partial charge in [0.05, 0.1) is 0 Å². The third-order valence-corrected chi connectivity index (χ3v) is 3.27. The van der Waals surface area contributed by atoms with Gasteiger partial charge in [-0.25, -0.2) is 9.59 Å². The molecule has 0 radical (unpaired) electrons. The van der Waals surface area contributed by atoms with Crippen LogP contribution in [0.2, 0.25) is 10.0 Å². The van der Waals surface area contributed by atoms with Crippen LogP contribution in [0.25, 0.3) is 0 Å². The average Bonchev–Trinajstić information content (AvgIpc) is 2.36. The predicted octanol–water partition coefficient (Wildman–Crippen LogP) is 2.90. The Kier molecular flexibility index (Phi) is 6.10. The fourth-order valence-electron chi connectivity index (χ4n) is 1.56. The molecule has 3 N–H and O–H groups in total. The Labute approximate surface area is 127 Å². The number of hydrogen-bond donors (Lipinski definition) is 3. The van der Waals surface area contributed by atoms with E-state index in [0.717, 1.165) is 0 Å². The second kappa shape index (κ2) is 7.36. The highest BCUT2D eigenvalue weighted by Gasteiger charge is 2.23. The number of nitrogens with one attached hydrogen (secondary N) is 2. The normalized spacial score (nSPS) is 12.1. The molecule has 110 valence electrons. The van der Waals surface area contributed by atoms with Gasteiger partial charge in [0.1, 0.15) is 6.04 Å². The standard InChI is InChI=1S/C13H16Cl2N2O3/c1-7(2)11(12(18)19)17-13(20)16-6-8-5-9(14)3-4-10(8)15/h3-5,7,11H,6H2,1-2H3,(H,18,19)(H2,16,17,20). The molecule has 1 aromatic carbocycles. The lowest BCUT2D eigenvalue weighted by Crippen LogP contribution is -2.48. The van der Waals surface area contributed by atoms with Crippen molar-refractivity contribution in [3.8, 4) is 0 Å². The van der Waals surface area contributed by atoms with Crippen molar-refractivity contribution in [3.05, 3.63) is 33.8 Å². The zero-order valence-corrected chi connectivity index (χ0v) is 12.6. The fraction of sp³-hybridized carbons (Fsp3) is 0.385. The molecular weight excluding hydrogens is 303 g/mol. The first-order valence-electron chi connectivity index (χ1n) is 6.02. The molecule has 0 saturated carbocycles. The number of carboxylic acids is 1. The van der Waals surface area contributed by atoms with Crippen LogP contribution < -0.4 is 10.6 Å². The Morgan fingerprint density at radius 3 is 2.50 bits per heavy atom. The summed E-state index contributed by atoms with van der Waals surface area (Å²) in [6.07, 6.45) is 0. The van der Waals surface area contributed by atoms with Crippen LogP contribution in [-0.2, 0) is 11.3 Å². The molecule has 0 aliphatic carbocycles. The Hall–Kier alpha value is -1.46. The first-order valence-corrected chi connectivity index (χ1v) is 6.78. The first kappa shape index (κ1) is 16.6. The molecule has 2 amide bonds. The topological polar surface area (TPSA) is 78.4 Å². The van der Waals surface area contributed by atoms with Crippen molar-refractivity contribution in [2.24, 2.45) is 5.92 Å². The fourth-order valence-corrected chi connectivity index (χ4v) is 1.94. The van der Waals surface area contributed by atoms with E-state index in [-0.39, 0.29) is 12.5 Å². The quantitative estimate of drug-likeness (QED) is 0.781. The Balaban J connectivity index is 2.59. The Morgan fingerprint density at radius 2 is 1.95 bits per heavy atom. The van der Waals surface area contributed by atoms with Crippen molar-refractivity contribution in [3.63, 3.8) is 0 Å². The summed E-state index contributed by atoms with van der Waals surface area (Å²) in [6, 6.07) is 3.41. The summed E-state index contributed by atoms with van der Waals surface area (Å²) in [5.41, 5.74) is 0.658. The van der Waals surface area contributed by atoms with E-state index in [4.69, 9.17) is 28.3 Å². The highest BCUT2D eigenvalue weighted by Crippen LogP contribution is 2.20. The summed E-state index contributed by atoms with van der Waals surface area (Å²) in [7, 11) is 0. The number of urea groups is 1. The number of aliphatic carboxylic acids is 1. The Morgan fingerprint density at radius 1 is 1.30 bits per heavy atom. The minimum Gasteiger partial charge on any atom is -0.480 e. The largest absolute Gasteiger partial charge is 0.480 e. The molecule has 5 nitrogen and oxygen atoms in total. The lowest BCUT2D eigenvalue weighted by Gasteiger charge is -2.18. The number of benzene rings is 1. The zero-order valence-electron chi connectivity index (χ0n) is 11.1. The second-order valence-electron chi connectivity index (χ2n) is 4.62. The van der Waals surface area contributed by atoms with Crippen molar-refractivity contribution < 1.29 is 14.7 Å². The van der Waals surface area contributed by atoms with Crippen LogP contribution in [0.3, 0.4) is 0 Å². The number of carboxylic acid groups (broad SMARTS) is 1. The van der Waals surface area contributed by atoms with Crippen LogP contribution in [-0.4, -0.2) is 23.1 Å². The maximum Gasteiger partial charge on any atom is 0.326 e. The number of amides is 2. The van der Waals surface area contributed by atoms with Crippen molar-refractivity contribution in [2.75, 3.05) is 0 Å². The van der Waals surface area contributed by atoms with Crippen LogP contribution in [0.4, 0.5) is 4.79 Å². The SMILES string of the molecule is CC(C)C(NC(=O)NCc1cc(Cl)ccc1Cl)C(=O)O. The van der Waals surface area contributed by atoms with Gasteiger partial charge in [0.2, 0.25) is 0 Å². The highest BCUT2D eigenvalue weighted by atomic mass is 35.5. The Bertz CT molecular complexity index is 506. The van der Waals surface area contributed by atoms with Crippen LogP contribution >= 0.6 is 23.2 Å². The third kappa shape index (κ3) is 4.90. The van der Waals surface area contributed by atoms with Gasteiger partial charge in [-0.3, -0.25) is 0 Å². The summed E-state index contributed by atoms with van der Waals surface area (Å²) in [6.45, 7) is 3.59. The molecule has 0 bridgehead atoms. The van der Waals surface area contributed by atoms with E-state index in [0.29, 0.717) is 15.6 Å². The van der Waals surface area contributed by atoms with Gasteiger partial charge in [-0.15, -0.1) is 0 Å². The smallest absolute Gasteiger partial charge is 0.326 e. The van der Waals surface area contributed by atoms with Crippen molar-refractivity contribution in [1.82, 2.24) is 10.6 Å². The summed E-state index contributed by atoms with van der Waals surface area (Å²) >= 11 is 11.8. The maximum absolute atomic E-state index is 11.7. The van der Waals surface area contributed by atoms with E-state index in [2.05, 4.69) is 10.6 Å². The van der Waals surface area contributed by atoms with E-state index < -0.39 is 18.0 Å². The molecule has 7 heteroatoms. The number of carbonyl (C=O) groups is 2. The number of hydrogen-bond acceptors (Lipinski definition) is 2. The molecule has 0 aromatic heterocycles. The van der Waals surface area contributed by atoms with Gasteiger partial charge in [-0.1, -0.05) is 37.0 Å². The first-order chi connectivity index (χ1) is 9.31. The molecule has 0 aliphatic rings. The molecule has 1 aromatic rings. The third-order valence-electron chi connectivity index (χ3n) is 2.67. The van der Waals surface area contributed by atoms with Crippen LogP contribution in [0, 0.1) is 5.92 Å². The van der Waals surface area contributed by atoms with E-state index in [9.17, 15) is 9.59 Å². The summed E-state index contributed by atoms with van der Waals surface area (Å²) in [4.78, 5) is 22.6. The number of carbonyl (C=O) groups excluding carboxylic acids is 1. The summed E-state index contributed by atoms with van der Waals surface area (Å²) in [5.74, 6) is -1.29. The van der Waals surface area contributed by atoms with E-state index in [1.165, 1.54) is 0 Å². The lowest BCUT2D eigenvalue weighted by atomic mass is 10.1. The van der Waals surface area contributed by atoms with Gasteiger partial charge in [0.15, 0.2) is 0 Å². The zero-order chi connectivity index (χ0) is 15.3. The second-order valence-corrected chi connectivity index (χ2v) is 5.47. The molecule has 0 fully saturated rings. The summed E-state index contributed by atoms with van der Waals surface area (Å²) < 4.78 is 0. The lowest BCUT2D eigenvalue weighted by molar-refractivity contribution is -0.140. The maximum atomic E-state index is 11.7. The van der Waals surface area contributed by atoms with Gasteiger partial charge in [-0.05, 0) is 29.7 Å². The van der Waals surface area contributed by atoms with Crippen LogP contribution in [0.15, 0.2) is 18.2 Å². The minimum absolute atomic E-state index is 0.162. The van der Waals surface area contributed by atoms with Gasteiger partial charge in [-0.2, -0.15) is 0 Å². The van der Waals surface area contributed by atoms with Crippen molar-refractivity contribution in [1.29, 1.82) is 0 Å². The monoisotopic (exact) mass is 318 g/mol. The number of halogens is 2. The van der Waals surface area contributed by atoms with Gasteiger partial charge in [0, 0.05) is 16.6 Å². The molecule has 0 spiro atoms. The predicted molar refractivity (Wildman–Crippen MR) is 78.1 cm³/mol. The minimum atomic E-state index is -1.07. The molecular formula is C13H16Cl2N2O3. The molecule has 0 heterocycles. The molecule has 1 rings (SSSR count). The van der Waals surface area contributed by atoms with Crippen LogP contribution in [0.1, 0.15) is 19.4 Å². The van der Waals surface area contributed by atoms with Crippen LogP contribution in [0.5, 0.6) is 0 Å². The summed E-state index contributed by atoms with van der Waals surface area (Å²) in [5, 5.41) is 14.9. The van der Waals surface area contributed by atoms with Crippen molar-refractivity contribution >= 4 is 35.2 Å². The molecule has 0 aliphatic heterocycles. The average molecular weight is 319 g/mol. The molecule has 1 atom stereocenters. The molecule has 0 saturated heterocycles. The number of rotatable bonds is 5. The van der Waals surface area contributed by atoms with Gasteiger partial charge in [0.25, 0.3) is 0 Å². The molecule has 1 unspecified atom stereocenters. The van der Waals surface area contributed by atoms with E-state index in [1.54, 1.807) is 32.0 Å². The van der Waals surface area contributed by atoms with Gasteiger partial charge >= 0.3 is 12.0 Å². The van der Waals surface area contributed by atoms with Crippen molar-refractivity contribution in [2.45, 2.75) is 26.4 Å². The van der Waals surface area contributed by atoms with E-state index in [1.807, 2.05) is 0 Å². The highest BCUT2D eigenvalue weighted by molar-refractivity contribution is 6.33. The molecule has 20 heavy (non-hydrogen) atoms.